The van der Waals surface area contributed by atoms with Crippen molar-refractivity contribution in [3.63, 3.8) is 0 Å². The molecule has 0 radical (unpaired) electrons. The van der Waals surface area contributed by atoms with Crippen molar-refractivity contribution in [3.05, 3.63) is 94.8 Å². The van der Waals surface area contributed by atoms with E-state index in [1.54, 1.807) is 6.07 Å². The lowest BCUT2D eigenvalue weighted by atomic mass is 9.83. The average Bonchev–Trinajstić information content (AvgIpc) is 3.17. The van der Waals surface area contributed by atoms with Gasteiger partial charge in [0.1, 0.15) is 0 Å². The second-order valence-electron chi connectivity index (χ2n) is 8.02. The lowest BCUT2D eigenvalue weighted by molar-refractivity contribution is -0.131. The normalized spacial score (nSPS) is 18.4. The van der Waals surface area contributed by atoms with E-state index in [2.05, 4.69) is 5.32 Å². The summed E-state index contributed by atoms with van der Waals surface area (Å²) >= 11 is 0. The van der Waals surface area contributed by atoms with Gasteiger partial charge >= 0.3 is 6.03 Å². The van der Waals surface area contributed by atoms with E-state index in [0.717, 1.165) is 21.9 Å². The van der Waals surface area contributed by atoms with Crippen molar-refractivity contribution in [1.82, 2.24) is 14.8 Å². The summed E-state index contributed by atoms with van der Waals surface area (Å²) in [5.74, 6) is -0.667. The van der Waals surface area contributed by atoms with E-state index in [1.165, 1.54) is 0 Å². The predicted molar refractivity (Wildman–Crippen MR) is 118 cm³/mol. The Balaban J connectivity index is 1.69. The number of ketones is 1. The van der Waals surface area contributed by atoms with Crippen LogP contribution in [0.2, 0.25) is 0 Å². The quantitative estimate of drug-likeness (QED) is 0.495. The molecule has 2 aromatic carbocycles. The maximum Gasteiger partial charge on any atom is 0.325 e. The van der Waals surface area contributed by atoms with E-state index in [-0.39, 0.29) is 12.3 Å². The van der Waals surface area contributed by atoms with Crippen molar-refractivity contribution in [2.75, 3.05) is 6.54 Å². The van der Waals surface area contributed by atoms with Gasteiger partial charge in [0.15, 0.2) is 11.3 Å². The van der Waals surface area contributed by atoms with E-state index in [1.807, 2.05) is 86.1 Å². The van der Waals surface area contributed by atoms with Crippen LogP contribution in [0, 0.1) is 13.8 Å². The zero-order valence-electron chi connectivity index (χ0n) is 17.9. The molecule has 0 spiro atoms. The molecule has 1 aliphatic rings. The average molecular weight is 415 g/mol. The van der Waals surface area contributed by atoms with Gasteiger partial charge in [0.2, 0.25) is 0 Å². The molecule has 6 nitrogen and oxygen atoms in total. The maximum absolute atomic E-state index is 13.7. The summed E-state index contributed by atoms with van der Waals surface area (Å²) < 4.78 is 1.92. The number of benzene rings is 2. The molecular weight excluding hydrogens is 390 g/mol. The lowest BCUT2D eigenvalue weighted by Crippen LogP contribution is -2.46. The second kappa shape index (κ2) is 7.87. The van der Waals surface area contributed by atoms with E-state index in [0.29, 0.717) is 17.5 Å². The summed E-state index contributed by atoms with van der Waals surface area (Å²) in [7, 11) is 1.88. The minimum atomic E-state index is -1.25. The highest BCUT2D eigenvalue weighted by Gasteiger charge is 2.52. The molecule has 1 aliphatic heterocycles. The van der Waals surface area contributed by atoms with Crippen LogP contribution in [0.15, 0.2) is 66.7 Å². The van der Waals surface area contributed by atoms with E-state index in [9.17, 15) is 14.4 Å². The number of urea groups is 1. The number of carbonyl (C=O) groups is 3. The molecule has 3 amide bonds. The summed E-state index contributed by atoms with van der Waals surface area (Å²) in [4.78, 5) is 40.6. The van der Waals surface area contributed by atoms with E-state index < -0.39 is 17.5 Å². The minimum Gasteiger partial charge on any atom is -0.351 e. The van der Waals surface area contributed by atoms with Crippen LogP contribution in [0.1, 0.15) is 32.9 Å². The molecule has 3 aromatic rings. The number of nitrogens with zero attached hydrogens (tertiary/aromatic N) is 2. The Labute approximate surface area is 181 Å². The molecule has 1 atom stereocenters. The SMILES string of the molecule is Cc1cc(C(=O)CN2C(=O)N[C@@](Cc3ccccc3)(c3ccccc3)C2=O)c(C)n1C. The molecule has 0 aliphatic carbocycles. The van der Waals surface area contributed by atoms with Crippen LogP contribution in [-0.4, -0.2) is 33.7 Å². The molecule has 1 fully saturated rings. The van der Waals surface area contributed by atoms with Gasteiger partial charge in [0.05, 0.1) is 6.54 Å². The van der Waals surface area contributed by atoms with Crippen molar-refractivity contribution < 1.29 is 14.4 Å². The van der Waals surface area contributed by atoms with Crippen molar-refractivity contribution >= 4 is 17.7 Å². The van der Waals surface area contributed by atoms with Crippen LogP contribution in [0.25, 0.3) is 0 Å². The molecule has 6 heteroatoms. The number of hydrogen-bond acceptors (Lipinski definition) is 3. The molecule has 4 rings (SSSR count). The van der Waals surface area contributed by atoms with Crippen LogP contribution in [0.5, 0.6) is 0 Å². The first kappa shape index (κ1) is 20.6. The summed E-state index contributed by atoms with van der Waals surface area (Å²) in [5.41, 5.74) is 2.65. The molecule has 1 N–H and O–H groups in total. The molecule has 158 valence electrons. The van der Waals surface area contributed by atoms with Crippen molar-refractivity contribution in [2.24, 2.45) is 7.05 Å². The fourth-order valence-corrected chi connectivity index (χ4v) is 4.18. The molecule has 1 aromatic heterocycles. The second-order valence-corrected chi connectivity index (χ2v) is 8.02. The van der Waals surface area contributed by atoms with Gasteiger partial charge in [-0.05, 0) is 31.0 Å². The number of aryl methyl sites for hydroxylation is 1. The smallest absolute Gasteiger partial charge is 0.325 e. The molecule has 0 bridgehead atoms. The number of nitrogens with one attached hydrogen (secondary N) is 1. The highest BCUT2D eigenvalue weighted by atomic mass is 16.2. The zero-order chi connectivity index (χ0) is 22.2. The Bertz CT molecular complexity index is 1150. The highest BCUT2D eigenvalue weighted by molar-refractivity contribution is 6.11. The van der Waals surface area contributed by atoms with Gasteiger partial charge in [-0.3, -0.25) is 14.5 Å². The monoisotopic (exact) mass is 415 g/mol. The number of aromatic nitrogens is 1. The van der Waals surface area contributed by atoms with Crippen LogP contribution >= 0.6 is 0 Å². The zero-order valence-corrected chi connectivity index (χ0v) is 17.9. The topological polar surface area (TPSA) is 71.4 Å². The van der Waals surface area contributed by atoms with Crippen LogP contribution in [0.4, 0.5) is 4.79 Å². The highest BCUT2D eigenvalue weighted by Crippen LogP contribution is 2.33. The van der Waals surface area contributed by atoms with Crippen LogP contribution in [0.3, 0.4) is 0 Å². The molecular formula is C25H25N3O3. The summed E-state index contributed by atoms with van der Waals surface area (Å²) in [6.07, 6.45) is 0.302. The maximum atomic E-state index is 13.7. The van der Waals surface area contributed by atoms with Gasteiger partial charge in [-0.2, -0.15) is 0 Å². The predicted octanol–water partition coefficient (Wildman–Crippen LogP) is 3.51. The Morgan fingerprint density at radius 1 is 0.968 bits per heavy atom. The Kier molecular flexibility index (Phi) is 5.23. The number of rotatable bonds is 6. The van der Waals surface area contributed by atoms with E-state index in [4.69, 9.17) is 0 Å². The summed E-state index contributed by atoms with van der Waals surface area (Å²) in [6, 6.07) is 20.0. The lowest BCUT2D eigenvalue weighted by Gasteiger charge is -2.27. The number of imide groups is 1. The van der Waals surface area contributed by atoms with Gasteiger partial charge in [-0.25, -0.2) is 4.79 Å². The third kappa shape index (κ3) is 3.54. The summed E-state index contributed by atoms with van der Waals surface area (Å²) in [6.45, 7) is 3.48. The molecule has 31 heavy (non-hydrogen) atoms. The third-order valence-corrected chi connectivity index (χ3v) is 6.13. The Morgan fingerprint density at radius 2 is 1.58 bits per heavy atom. The first-order chi connectivity index (χ1) is 14.8. The molecule has 0 saturated carbocycles. The number of carbonyl (C=O) groups excluding carboxylic acids is 3. The van der Waals surface area contributed by atoms with Crippen LogP contribution < -0.4 is 5.32 Å². The van der Waals surface area contributed by atoms with Gasteiger partial charge in [0.25, 0.3) is 5.91 Å². The van der Waals surface area contributed by atoms with Gasteiger partial charge in [-0.1, -0.05) is 60.7 Å². The van der Waals surface area contributed by atoms with Gasteiger partial charge in [-0.15, -0.1) is 0 Å². The van der Waals surface area contributed by atoms with Crippen molar-refractivity contribution in [2.45, 2.75) is 25.8 Å². The number of Topliss-reactive ketones (excluding diaryl/α,β-unsaturated/α-hetero) is 1. The summed E-state index contributed by atoms with van der Waals surface area (Å²) in [5, 5.41) is 2.90. The molecule has 2 heterocycles. The van der Waals surface area contributed by atoms with Crippen molar-refractivity contribution in [1.29, 1.82) is 0 Å². The fourth-order valence-electron chi connectivity index (χ4n) is 4.18. The molecule has 0 unspecified atom stereocenters. The number of amides is 3. The standard InChI is InChI=1S/C25H25N3O3/c1-17-14-21(18(2)27(17)3)22(29)16-28-23(30)25(26-24(28)31,20-12-8-5-9-13-20)15-19-10-6-4-7-11-19/h4-14H,15-16H2,1-3H3,(H,26,31)/t25-/m0/s1. The van der Waals surface area contributed by atoms with Crippen molar-refractivity contribution in [3.8, 4) is 0 Å². The minimum absolute atomic E-state index is 0.256. The number of hydrogen-bond donors (Lipinski definition) is 1. The third-order valence-electron chi connectivity index (χ3n) is 6.13. The van der Waals surface area contributed by atoms with Crippen LogP contribution in [-0.2, 0) is 23.8 Å². The fraction of sp³-hybridized carbons (Fsp3) is 0.240. The largest absolute Gasteiger partial charge is 0.351 e. The van der Waals surface area contributed by atoms with Gasteiger partial charge in [0, 0.05) is 30.4 Å². The Morgan fingerprint density at radius 3 is 2.16 bits per heavy atom. The first-order valence-corrected chi connectivity index (χ1v) is 10.2. The Hall–Kier alpha value is -3.67. The molecule has 1 saturated heterocycles. The van der Waals surface area contributed by atoms with Gasteiger partial charge < -0.3 is 9.88 Å². The van der Waals surface area contributed by atoms with E-state index >= 15 is 0 Å². The first-order valence-electron chi connectivity index (χ1n) is 10.2.